The van der Waals surface area contributed by atoms with Crippen molar-refractivity contribution >= 4 is 26.8 Å². The number of hydrogen-bond donors (Lipinski definition) is 0. The van der Waals surface area contributed by atoms with Gasteiger partial charge in [0.05, 0.1) is 11.7 Å². The second-order valence-corrected chi connectivity index (χ2v) is 5.07. The van der Waals surface area contributed by atoms with E-state index in [0.29, 0.717) is 6.61 Å². The van der Waals surface area contributed by atoms with Gasteiger partial charge in [0.25, 0.3) is 0 Å². The molecule has 19 heavy (non-hydrogen) atoms. The van der Waals surface area contributed by atoms with E-state index in [1.165, 1.54) is 0 Å². The molecule has 0 amide bonds. The number of fused-ring (bicyclic) bond motifs is 1. The molecular formula is C15H11BrN2O. The summed E-state index contributed by atoms with van der Waals surface area (Å²) in [4.78, 5) is 8.36. The quantitative estimate of drug-likeness (QED) is 0.733. The number of rotatable bonds is 3. The van der Waals surface area contributed by atoms with E-state index in [4.69, 9.17) is 4.74 Å². The molecule has 3 aromatic rings. The molecule has 0 saturated carbocycles. The van der Waals surface area contributed by atoms with Crippen molar-refractivity contribution in [2.45, 2.75) is 6.61 Å². The Hall–Kier alpha value is -1.94. The largest absolute Gasteiger partial charge is 0.487 e. The molecule has 0 saturated heterocycles. The SMILES string of the molecule is Brc1cncc(OCc2ccc3ncccc3c2)c1. The monoisotopic (exact) mass is 314 g/mol. The first-order chi connectivity index (χ1) is 9.31. The standard InChI is InChI=1S/C15H11BrN2O/c16-13-7-14(9-17-8-13)19-10-11-3-4-15-12(6-11)2-1-5-18-15/h1-9H,10H2. The summed E-state index contributed by atoms with van der Waals surface area (Å²) in [6, 6.07) is 12.0. The van der Waals surface area contributed by atoms with Gasteiger partial charge in [-0.25, -0.2) is 0 Å². The van der Waals surface area contributed by atoms with Gasteiger partial charge in [0.1, 0.15) is 12.4 Å². The zero-order valence-corrected chi connectivity index (χ0v) is 11.7. The Morgan fingerprint density at radius 3 is 2.95 bits per heavy atom. The molecule has 0 unspecified atom stereocenters. The van der Waals surface area contributed by atoms with Crippen LogP contribution >= 0.6 is 15.9 Å². The van der Waals surface area contributed by atoms with E-state index < -0.39 is 0 Å². The van der Waals surface area contributed by atoms with Crippen molar-refractivity contribution in [1.29, 1.82) is 0 Å². The lowest BCUT2D eigenvalue weighted by atomic mass is 10.1. The average molecular weight is 315 g/mol. The van der Waals surface area contributed by atoms with E-state index >= 15 is 0 Å². The first kappa shape index (κ1) is 12.1. The van der Waals surface area contributed by atoms with Crippen molar-refractivity contribution in [3.8, 4) is 5.75 Å². The van der Waals surface area contributed by atoms with Gasteiger partial charge in [-0.3, -0.25) is 9.97 Å². The molecule has 0 radical (unpaired) electrons. The molecule has 0 bridgehead atoms. The second kappa shape index (κ2) is 5.36. The molecule has 3 rings (SSSR count). The molecule has 0 fully saturated rings. The van der Waals surface area contributed by atoms with Crippen LogP contribution in [-0.4, -0.2) is 9.97 Å². The molecule has 2 aromatic heterocycles. The van der Waals surface area contributed by atoms with E-state index in [1.807, 2.05) is 30.3 Å². The Bertz CT molecular complexity index is 715. The summed E-state index contributed by atoms with van der Waals surface area (Å²) in [7, 11) is 0. The fraction of sp³-hybridized carbons (Fsp3) is 0.0667. The third-order valence-corrected chi connectivity index (χ3v) is 3.19. The zero-order valence-electron chi connectivity index (χ0n) is 10.1. The van der Waals surface area contributed by atoms with E-state index in [9.17, 15) is 0 Å². The smallest absolute Gasteiger partial charge is 0.139 e. The third-order valence-electron chi connectivity index (χ3n) is 2.75. The maximum Gasteiger partial charge on any atom is 0.139 e. The topological polar surface area (TPSA) is 35.0 Å². The van der Waals surface area contributed by atoms with Gasteiger partial charge in [0.2, 0.25) is 0 Å². The van der Waals surface area contributed by atoms with Crippen LogP contribution in [0, 0.1) is 0 Å². The lowest BCUT2D eigenvalue weighted by Crippen LogP contribution is -1.96. The van der Waals surface area contributed by atoms with Gasteiger partial charge in [-0.15, -0.1) is 0 Å². The summed E-state index contributed by atoms with van der Waals surface area (Å²) in [5, 5.41) is 1.12. The molecule has 0 aliphatic carbocycles. The Morgan fingerprint density at radius 2 is 2.05 bits per heavy atom. The average Bonchev–Trinajstić information content (AvgIpc) is 2.45. The molecule has 0 aliphatic heterocycles. The molecular weight excluding hydrogens is 304 g/mol. The van der Waals surface area contributed by atoms with Crippen molar-refractivity contribution in [1.82, 2.24) is 9.97 Å². The number of aromatic nitrogens is 2. The Balaban J connectivity index is 1.78. The number of benzene rings is 1. The molecule has 1 aromatic carbocycles. The van der Waals surface area contributed by atoms with Crippen LogP contribution in [0.2, 0.25) is 0 Å². The molecule has 0 aliphatic rings. The van der Waals surface area contributed by atoms with Gasteiger partial charge in [0, 0.05) is 22.3 Å². The van der Waals surface area contributed by atoms with E-state index in [0.717, 1.165) is 26.7 Å². The van der Waals surface area contributed by atoms with Crippen LogP contribution in [0.25, 0.3) is 10.9 Å². The Morgan fingerprint density at radius 1 is 1.11 bits per heavy atom. The molecule has 0 N–H and O–H groups in total. The highest BCUT2D eigenvalue weighted by atomic mass is 79.9. The minimum atomic E-state index is 0.517. The maximum atomic E-state index is 5.71. The van der Waals surface area contributed by atoms with E-state index in [1.54, 1.807) is 18.6 Å². The van der Waals surface area contributed by atoms with Crippen LogP contribution in [0.4, 0.5) is 0 Å². The van der Waals surface area contributed by atoms with Crippen LogP contribution < -0.4 is 4.74 Å². The van der Waals surface area contributed by atoms with Crippen molar-refractivity contribution in [2.24, 2.45) is 0 Å². The van der Waals surface area contributed by atoms with Crippen LogP contribution in [0.15, 0.2) is 59.5 Å². The van der Waals surface area contributed by atoms with Gasteiger partial charge < -0.3 is 4.74 Å². The summed E-state index contributed by atoms with van der Waals surface area (Å²) in [5.74, 6) is 0.751. The first-order valence-corrected chi connectivity index (χ1v) is 6.67. The van der Waals surface area contributed by atoms with Crippen LogP contribution in [0.5, 0.6) is 5.75 Å². The Labute approximate surface area is 119 Å². The van der Waals surface area contributed by atoms with Crippen LogP contribution in [-0.2, 0) is 6.61 Å². The van der Waals surface area contributed by atoms with Gasteiger partial charge >= 0.3 is 0 Å². The normalized spacial score (nSPS) is 10.6. The lowest BCUT2D eigenvalue weighted by molar-refractivity contribution is 0.305. The number of ether oxygens (including phenoxy) is 1. The maximum absolute atomic E-state index is 5.71. The number of pyridine rings is 2. The summed E-state index contributed by atoms with van der Waals surface area (Å²) in [6.07, 6.45) is 5.23. The zero-order chi connectivity index (χ0) is 13.1. The number of hydrogen-bond acceptors (Lipinski definition) is 3. The van der Waals surface area contributed by atoms with Gasteiger partial charge in [-0.2, -0.15) is 0 Å². The lowest BCUT2D eigenvalue weighted by Gasteiger charge is -2.07. The highest BCUT2D eigenvalue weighted by Crippen LogP contribution is 2.18. The predicted octanol–water partition coefficient (Wildman–Crippen LogP) is 3.97. The van der Waals surface area contributed by atoms with Crippen molar-refractivity contribution in [2.75, 3.05) is 0 Å². The summed E-state index contributed by atoms with van der Waals surface area (Å²) >= 11 is 3.37. The minimum absolute atomic E-state index is 0.517. The number of halogens is 1. The molecule has 4 heteroatoms. The van der Waals surface area contributed by atoms with Crippen LogP contribution in [0.1, 0.15) is 5.56 Å². The third kappa shape index (κ3) is 2.90. The molecule has 2 heterocycles. The van der Waals surface area contributed by atoms with Crippen molar-refractivity contribution in [3.05, 3.63) is 65.0 Å². The van der Waals surface area contributed by atoms with Crippen molar-refractivity contribution < 1.29 is 4.74 Å². The molecule has 0 spiro atoms. The molecule has 0 atom stereocenters. The van der Waals surface area contributed by atoms with Gasteiger partial charge in [-0.05, 0) is 45.8 Å². The summed E-state index contributed by atoms with van der Waals surface area (Å²) < 4.78 is 6.62. The van der Waals surface area contributed by atoms with Gasteiger partial charge in [0.15, 0.2) is 0 Å². The Kier molecular flexibility index (Phi) is 3.42. The summed E-state index contributed by atoms with van der Waals surface area (Å²) in [6.45, 7) is 0.517. The highest BCUT2D eigenvalue weighted by molar-refractivity contribution is 9.10. The second-order valence-electron chi connectivity index (χ2n) is 4.16. The fourth-order valence-corrected chi connectivity index (χ4v) is 2.20. The van der Waals surface area contributed by atoms with Crippen molar-refractivity contribution in [3.63, 3.8) is 0 Å². The predicted molar refractivity (Wildman–Crippen MR) is 78.0 cm³/mol. The number of nitrogens with zero attached hydrogens (tertiary/aromatic N) is 2. The van der Waals surface area contributed by atoms with E-state index in [2.05, 4.69) is 32.0 Å². The van der Waals surface area contributed by atoms with E-state index in [-0.39, 0.29) is 0 Å². The van der Waals surface area contributed by atoms with Crippen LogP contribution in [0.3, 0.4) is 0 Å². The highest BCUT2D eigenvalue weighted by Gasteiger charge is 2.00. The minimum Gasteiger partial charge on any atom is -0.487 e. The molecule has 94 valence electrons. The molecule has 3 nitrogen and oxygen atoms in total. The van der Waals surface area contributed by atoms with Gasteiger partial charge in [-0.1, -0.05) is 12.1 Å². The first-order valence-electron chi connectivity index (χ1n) is 5.88. The fourth-order valence-electron chi connectivity index (χ4n) is 1.85. The summed E-state index contributed by atoms with van der Waals surface area (Å²) in [5.41, 5.74) is 2.11.